The number of H-pyrrole nitrogens is 1. The zero-order valence-electron chi connectivity index (χ0n) is 36.6. The van der Waals surface area contributed by atoms with E-state index in [1.165, 1.54) is 5.69 Å². The number of anilines is 2. The van der Waals surface area contributed by atoms with Crippen molar-refractivity contribution >= 4 is 40.3 Å². The van der Waals surface area contributed by atoms with E-state index in [1.807, 2.05) is 71.3 Å². The third-order valence-electron chi connectivity index (χ3n) is 12.9. The average Bonchev–Trinajstić information content (AvgIpc) is 3.96. The lowest BCUT2D eigenvalue weighted by Crippen LogP contribution is -2.49. The number of piperidine rings is 2. The highest BCUT2D eigenvalue weighted by Gasteiger charge is 2.29. The zero-order chi connectivity index (χ0) is 43.8. The summed E-state index contributed by atoms with van der Waals surface area (Å²) < 4.78 is 5.32. The molecule has 9 rings (SSSR count). The second-order valence-corrected chi connectivity index (χ2v) is 18.4. The van der Waals surface area contributed by atoms with Crippen LogP contribution in [0.4, 0.5) is 16.2 Å². The van der Waals surface area contributed by atoms with Gasteiger partial charge in [0.15, 0.2) is 5.65 Å². The molecule has 3 N–H and O–H groups in total. The number of aryl methyl sites for hydroxylation is 1. The van der Waals surface area contributed by atoms with Crippen LogP contribution < -0.4 is 20.4 Å². The normalized spacial score (nSPS) is 17.6. The number of carbonyl (C=O) groups is 3. The zero-order valence-corrected chi connectivity index (χ0v) is 36.6. The molecule has 0 aliphatic carbocycles. The molecular formula is C48H55N11O4. The fourth-order valence-corrected chi connectivity index (χ4v) is 9.18. The molecule has 2 aromatic carbocycles. The molecule has 3 aliphatic rings. The molecule has 7 heterocycles. The summed E-state index contributed by atoms with van der Waals surface area (Å²) >= 11 is 0. The molecule has 4 amide bonds. The van der Waals surface area contributed by atoms with Gasteiger partial charge in [-0.2, -0.15) is 10.1 Å². The van der Waals surface area contributed by atoms with E-state index in [2.05, 4.69) is 77.2 Å². The number of aromatic nitrogens is 6. The molecular weight excluding hydrogens is 795 g/mol. The van der Waals surface area contributed by atoms with Crippen molar-refractivity contribution in [3.05, 3.63) is 102 Å². The van der Waals surface area contributed by atoms with Gasteiger partial charge in [0.1, 0.15) is 0 Å². The summed E-state index contributed by atoms with van der Waals surface area (Å²) in [6.45, 7) is 15.6. The van der Waals surface area contributed by atoms with Crippen LogP contribution in [0.25, 0.3) is 33.4 Å². The van der Waals surface area contributed by atoms with Gasteiger partial charge < -0.3 is 19.6 Å². The number of aromatic amines is 1. The van der Waals surface area contributed by atoms with Gasteiger partial charge in [0.05, 0.1) is 11.7 Å². The number of amides is 4. The molecule has 15 heteroatoms. The van der Waals surface area contributed by atoms with E-state index in [1.54, 1.807) is 4.90 Å². The van der Waals surface area contributed by atoms with E-state index < -0.39 is 0 Å². The van der Waals surface area contributed by atoms with Crippen molar-refractivity contribution in [2.24, 2.45) is 5.92 Å². The predicted molar refractivity (Wildman–Crippen MR) is 241 cm³/mol. The Hall–Kier alpha value is -6.48. The summed E-state index contributed by atoms with van der Waals surface area (Å²) in [4.78, 5) is 57.4. The maximum atomic E-state index is 13.0. The quantitative estimate of drug-likeness (QED) is 0.123. The highest BCUT2D eigenvalue weighted by atomic mass is 16.5. The number of nitrogens with zero attached hydrogens (tertiary/aromatic N) is 8. The minimum absolute atomic E-state index is 0.0224. The van der Waals surface area contributed by atoms with Gasteiger partial charge in [0.2, 0.25) is 11.8 Å². The molecule has 0 bridgehead atoms. The van der Waals surface area contributed by atoms with Crippen LogP contribution in [0, 0.1) is 12.8 Å². The van der Waals surface area contributed by atoms with Crippen LogP contribution in [-0.4, -0.2) is 92.3 Å². The Balaban J connectivity index is 0.767. The highest BCUT2D eigenvalue weighted by Crippen LogP contribution is 2.34. The van der Waals surface area contributed by atoms with Crippen molar-refractivity contribution in [2.45, 2.75) is 84.1 Å². The molecule has 3 saturated heterocycles. The third-order valence-corrected chi connectivity index (χ3v) is 12.9. The van der Waals surface area contributed by atoms with E-state index in [0.717, 1.165) is 109 Å². The third kappa shape index (κ3) is 9.06. The molecule has 4 aromatic heterocycles. The molecule has 15 nitrogen and oxygen atoms in total. The van der Waals surface area contributed by atoms with Gasteiger partial charge in [0.25, 0.3) is 11.7 Å². The number of hydrogen-bond donors (Lipinski definition) is 3. The van der Waals surface area contributed by atoms with Crippen LogP contribution in [-0.2, 0) is 10.2 Å². The van der Waals surface area contributed by atoms with Crippen LogP contribution in [0.15, 0.2) is 77.6 Å². The summed E-state index contributed by atoms with van der Waals surface area (Å²) in [5.74, 6) is 0.968. The van der Waals surface area contributed by atoms with Crippen molar-refractivity contribution < 1.29 is 18.9 Å². The molecule has 6 aromatic rings. The van der Waals surface area contributed by atoms with Gasteiger partial charge >= 0.3 is 6.03 Å². The summed E-state index contributed by atoms with van der Waals surface area (Å²) in [5.41, 5.74) is 9.30. The number of carbonyl (C=O) groups excluding carboxylic acids is 3. The molecule has 0 spiro atoms. The number of pyridine rings is 2. The largest absolute Gasteiger partial charge is 0.372 e. The fourth-order valence-electron chi connectivity index (χ4n) is 9.18. The first-order valence-corrected chi connectivity index (χ1v) is 22.1. The SMILES string of the molecule is Cc1cc(-c2[nH]nc3ncc(-c4ccc(C5CCN(CC6CCN(c7ccc(N8CCC(=O)NC8=O)cc7)CC6)CC5)nc4)cc23)ccc1[C@@H](C)NC(=O)c1noc(C(C)(C)C)n1. The monoisotopic (exact) mass is 849 g/mol. The Morgan fingerprint density at radius 1 is 0.873 bits per heavy atom. The lowest BCUT2D eigenvalue weighted by molar-refractivity contribution is -0.120. The number of likely N-dealkylation sites (tertiary alicyclic amines) is 1. The van der Waals surface area contributed by atoms with Crippen LogP contribution in [0.5, 0.6) is 0 Å². The van der Waals surface area contributed by atoms with Gasteiger partial charge in [0, 0.05) is 95.5 Å². The Bertz CT molecular complexity index is 2620. The van der Waals surface area contributed by atoms with E-state index in [-0.39, 0.29) is 35.1 Å². The smallest absolute Gasteiger partial charge is 0.328 e. The Labute approximate surface area is 367 Å². The molecule has 0 saturated carbocycles. The fraction of sp³-hybridized carbons (Fsp3) is 0.417. The maximum Gasteiger partial charge on any atom is 0.328 e. The van der Waals surface area contributed by atoms with Crippen LogP contribution >= 0.6 is 0 Å². The minimum atomic E-state index is -0.383. The lowest BCUT2D eigenvalue weighted by Gasteiger charge is -2.38. The standard InChI is InChI=1S/C48H55N11O4/c1-29-24-33(6-12-38(29)30(2)51-45(61)44-53-46(63-56-44)48(3,4)5)42-39-25-35(27-50-43(39)55-54-42)34-7-13-40(49-26-34)32-16-19-57(20-17-32)28-31-14-21-58(22-15-31)36-8-10-37(11-9-36)59-23-18-41(60)52-47(59)62/h6-13,24-27,30-32H,14-23,28H2,1-5H3,(H,51,61)(H,50,54,55)(H,52,60,62)/t30-/m1/s1. The number of imide groups is 1. The molecule has 1 atom stereocenters. The van der Waals surface area contributed by atoms with E-state index in [0.29, 0.717) is 36.3 Å². The highest BCUT2D eigenvalue weighted by molar-refractivity contribution is 6.05. The van der Waals surface area contributed by atoms with E-state index in [9.17, 15) is 14.4 Å². The van der Waals surface area contributed by atoms with Gasteiger partial charge in [-0.3, -0.25) is 29.9 Å². The van der Waals surface area contributed by atoms with Gasteiger partial charge in [-0.25, -0.2) is 9.78 Å². The molecule has 3 fully saturated rings. The van der Waals surface area contributed by atoms with Gasteiger partial charge in [-0.05, 0) is 112 Å². The number of urea groups is 1. The van der Waals surface area contributed by atoms with Crippen LogP contribution in [0.3, 0.4) is 0 Å². The topological polar surface area (TPSA) is 178 Å². The van der Waals surface area contributed by atoms with Crippen molar-refractivity contribution in [3.63, 3.8) is 0 Å². The number of hydrogen-bond acceptors (Lipinski definition) is 11. The van der Waals surface area contributed by atoms with Crippen LogP contribution in [0.1, 0.15) is 105 Å². The summed E-state index contributed by atoms with van der Waals surface area (Å²) in [7, 11) is 0. The van der Waals surface area contributed by atoms with E-state index >= 15 is 0 Å². The molecule has 3 aliphatic heterocycles. The first kappa shape index (κ1) is 41.9. The Kier molecular flexibility index (Phi) is 11.5. The van der Waals surface area contributed by atoms with E-state index in [4.69, 9.17) is 14.5 Å². The summed E-state index contributed by atoms with van der Waals surface area (Å²) in [6, 6.07) is 20.2. The van der Waals surface area contributed by atoms with Crippen molar-refractivity contribution in [3.8, 4) is 22.4 Å². The average molecular weight is 850 g/mol. The van der Waals surface area contributed by atoms with Crippen molar-refractivity contribution in [1.82, 2.24) is 45.8 Å². The second kappa shape index (κ2) is 17.4. The minimum Gasteiger partial charge on any atom is -0.372 e. The predicted octanol–water partition coefficient (Wildman–Crippen LogP) is 7.71. The summed E-state index contributed by atoms with van der Waals surface area (Å²) in [6.07, 6.45) is 8.70. The number of fused-ring (bicyclic) bond motifs is 1. The Morgan fingerprint density at radius 3 is 2.29 bits per heavy atom. The lowest BCUT2D eigenvalue weighted by atomic mass is 9.90. The first-order chi connectivity index (χ1) is 30.4. The molecule has 326 valence electrons. The molecule has 63 heavy (non-hydrogen) atoms. The number of benzene rings is 2. The molecule has 0 radical (unpaired) electrons. The number of rotatable bonds is 10. The summed E-state index contributed by atoms with van der Waals surface area (Å²) in [5, 5.41) is 17.9. The van der Waals surface area contributed by atoms with Crippen molar-refractivity contribution in [1.29, 1.82) is 0 Å². The van der Waals surface area contributed by atoms with Crippen molar-refractivity contribution in [2.75, 3.05) is 49.1 Å². The molecule has 0 unspecified atom stereocenters. The van der Waals surface area contributed by atoms with Gasteiger partial charge in [-0.1, -0.05) is 44.1 Å². The number of nitrogens with one attached hydrogen (secondary N) is 3. The van der Waals surface area contributed by atoms with Crippen LogP contribution in [0.2, 0.25) is 0 Å². The maximum absolute atomic E-state index is 13.0. The Morgan fingerprint density at radius 2 is 1.60 bits per heavy atom. The second-order valence-electron chi connectivity index (χ2n) is 18.4. The van der Waals surface area contributed by atoms with Gasteiger partial charge in [-0.15, -0.1) is 0 Å². The first-order valence-electron chi connectivity index (χ1n) is 22.1.